The van der Waals surface area contributed by atoms with E-state index in [0.29, 0.717) is 5.92 Å². The molecule has 4 heteroatoms. The van der Waals surface area contributed by atoms with Crippen LogP contribution in [0.25, 0.3) is 0 Å². The van der Waals surface area contributed by atoms with Gasteiger partial charge in [-0.15, -0.1) is 6.58 Å². The Morgan fingerprint density at radius 3 is 3.07 bits per heavy atom. The largest absolute Gasteiger partial charge is 0.306 e. The molecular formula is C10H16N4. The van der Waals surface area contributed by atoms with E-state index < -0.39 is 0 Å². The molecule has 1 fully saturated rings. The quantitative estimate of drug-likeness (QED) is 0.558. The van der Waals surface area contributed by atoms with E-state index in [0.717, 1.165) is 24.7 Å². The number of nitrogens with zero attached hydrogens (tertiary/aromatic N) is 3. The van der Waals surface area contributed by atoms with Crippen LogP contribution < -0.4 is 5.32 Å². The van der Waals surface area contributed by atoms with E-state index in [1.54, 1.807) is 0 Å². The first-order valence-electron chi connectivity index (χ1n) is 5.02. The fraction of sp³-hybridized carbons (Fsp3) is 0.600. The lowest BCUT2D eigenvalue weighted by Gasteiger charge is -1.99. The van der Waals surface area contributed by atoms with Crippen LogP contribution >= 0.6 is 0 Å². The maximum atomic E-state index is 4.50. The third kappa shape index (κ3) is 2.01. The summed E-state index contributed by atoms with van der Waals surface area (Å²) >= 11 is 0. The molecule has 76 valence electrons. The smallest absolute Gasteiger partial charge is 0.154 e. The summed E-state index contributed by atoms with van der Waals surface area (Å²) in [5.41, 5.74) is 0. The normalized spacial score (nSPS) is 15.8. The highest BCUT2D eigenvalue weighted by Crippen LogP contribution is 2.37. The van der Waals surface area contributed by atoms with Crippen LogP contribution in [0.4, 0.5) is 0 Å². The first-order valence-corrected chi connectivity index (χ1v) is 5.02. The van der Waals surface area contributed by atoms with E-state index in [2.05, 4.69) is 22.0 Å². The number of hydrogen-bond acceptors (Lipinski definition) is 3. The summed E-state index contributed by atoms with van der Waals surface area (Å²) in [4.78, 5) is 4.50. The fourth-order valence-electron chi connectivity index (χ4n) is 1.39. The van der Waals surface area contributed by atoms with Gasteiger partial charge in [0.15, 0.2) is 5.82 Å². The monoisotopic (exact) mass is 192 g/mol. The molecule has 0 amide bonds. The van der Waals surface area contributed by atoms with Crippen LogP contribution in [0.5, 0.6) is 0 Å². The van der Waals surface area contributed by atoms with Crippen LogP contribution in [0.2, 0.25) is 0 Å². The van der Waals surface area contributed by atoms with Gasteiger partial charge >= 0.3 is 0 Å². The molecule has 4 nitrogen and oxygen atoms in total. The minimum Gasteiger partial charge on any atom is -0.306 e. The second kappa shape index (κ2) is 3.92. The van der Waals surface area contributed by atoms with E-state index in [4.69, 9.17) is 0 Å². The van der Waals surface area contributed by atoms with E-state index >= 15 is 0 Å². The molecule has 1 N–H and O–H groups in total. The zero-order valence-corrected chi connectivity index (χ0v) is 8.53. The van der Waals surface area contributed by atoms with Gasteiger partial charge in [-0.1, -0.05) is 6.08 Å². The molecule has 0 saturated heterocycles. The molecule has 14 heavy (non-hydrogen) atoms. The van der Waals surface area contributed by atoms with Crippen molar-refractivity contribution in [1.29, 1.82) is 0 Å². The summed E-state index contributed by atoms with van der Waals surface area (Å²) in [5.74, 6) is 2.66. The second-order valence-corrected chi connectivity index (χ2v) is 3.70. The van der Waals surface area contributed by atoms with E-state index in [1.165, 1.54) is 12.8 Å². The summed E-state index contributed by atoms with van der Waals surface area (Å²) in [7, 11) is 1.95. The maximum absolute atomic E-state index is 4.50. The Bertz CT molecular complexity index is 325. The predicted molar refractivity (Wildman–Crippen MR) is 54.9 cm³/mol. The van der Waals surface area contributed by atoms with Gasteiger partial charge in [-0.3, -0.25) is 4.68 Å². The average molecular weight is 192 g/mol. The number of rotatable bonds is 5. The van der Waals surface area contributed by atoms with Crippen LogP contribution in [-0.4, -0.2) is 21.3 Å². The molecule has 1 heterocycles. The molecule has 0 spiro atoms. The Morgan fingerprint density at radius 1 is 1.64 bits per heavy atom. The lowest BCUT2D eigenvalue weighted by atomic mass is 10.4. The molecule has 2 rings (SSSR count). The number of nitrogens with one attached hydrogen (secondary N) is 1. The summed E-state index contributed by atoms with van der Waals surface area (Å²) in [6.07, 6.45) is 4.35. The zero-order chi connectivity index (χ0) is 9.97. The summed E-state index contributed by atoms with van der Waals surface area (Å²) < 4.78 is 1.86. The molecule has 0 aromatic carbocycles. The molecule has 1 aromatic rings. The highest BCUT2D eigenvalue weighted by atomic mass is 15.3. The highest BCUT2D eigenvalue weighted by Gasteiger charge is 2.28. The van der Waals surface area contributed by atoms with Crippen LogP contribution in [0.3, 0.4) is 0 Å². The van der Waals surface area contributed by atoms with Crippen LogP contribution in [0.1, 0.15) is 30.4 Å². The van der Waals surface area contributed by atoms with Gasteiger partial charge in [-0.2, -0.15) is 5.10 Å². The molecule has 0 bridgehead atoms. The van der Waals surface area contributed by atoms with Gasteiger partial charge in [-0.05, 0) is 12.8 Å². The van der Waals surface area contributed by atoms with E-state index in [1.807, 2.05) is 17.8 Å². The van der Waals surface area contributed by atoms with E-state index in [-0.39, 0.29) is 0 Å². The van der Waals surface area contributed by atoms with Crippen molar-refractivity contribution in [3.05, 3.63) is 24.3 Å². The van der Waals surface area contributed by atoms with Crippen LogP contribution in [0, 0.1) is 0 Å². The number of aryl methyl sites for hydroxylation is 1. The third-order valence-corrected chi connectivity index (χ3v) is 2.38. The minimum absolute atomic E-state index is 0.634. The van der Waals surface area contributed by atoms with Crippen LogP contribution in [-0.2, 0) is 13.6 Å². The van der Waals surface area contributed by atoms with Gasteiger partial charge in [0.05, 0.1) is 6.54 Å². The average Bonchev–Trinajstić information content (AvgIpc) is 2.94. The van der Waals surface area contributed by atoms with Gasteiger partial charge in [0, 0.05) is 19.5 Å². The predicted octanol–water partition coefficient (Wildman–Crippen LogP) is 0.968. The van der Waals surface area contributed by atoms with Crippen molar-refractivity contribution in [3.8, 4) is 0 Å². The van der Waals surface area contributed by atoms with Gasteiger partial charge in [-0.25, -0.2) is 4.98 Å². The number of hydrogen-bond donors (Lipinski definition) is 1. The van der Waals surface area contributed by atoms with Crippen molar-refractivity contribution in [2.45, 2.75) is 25.3 Å². The summed E-state index contributed by atoms with van der Waals surface area (Å²) in [5, 5.41) is 7.61. The lowest BCUT2D eigenvalue weighted by molar-refractivity contribution is 0.640. The summed E-state index contributed by atoms with van der Waals surface area (Å²) in [6, 6.07) is 0. The summed E-state index contributed by atoms with van der Waals surface area (Å²) in [6.45, 7) is 5.23. The molecule has 0 atom stereocenters. The Kier molecular flexibility index (Phi) is 2.63. The Morgan fingerprint density at radius 2 is 2.43 bits per heavy atom. The standard InChI is InChI=1S/C10H16N4/c1-3-6-11-7-9-12-10(8-4-5-8)13-14(9)2/h3,8,11H,1,4-7H2,2H3. The van der Waals surface area contributed by atoms with Crippen molar-refractivity contribution in [3.63, 3.8) is 0 Å². The van der Waals surface area contributed by atoms with Crippen molar-refractivity contribution in [1.82, 2.24) is 20.1 Å². The third-order valence-electron chi connectivity index (χ3n) is 2.38. The second-order valence-electron chi connectivity index (χ2n) is 3.70. The first-order chi connectivity index (χ1) is 6.81. The van der Waals surface area contributed by atoms with Gasteiger partial charge < -0.3 is 5.32 Å². The maximum Gasteiger partial charge on any atom is 0.154 e. The Labute approximate surface area is 84.0 Å². The van der Waals surface area contributed by atoms with Crippen molar-refractivity contribution in [2.24, 2.45) is 7.05 Å². The first kappa shape index (κ1) is 9.40. The molecule has 0 unspecified atom stereocenters. The van der Waals surface area contributed by atoms with Crippen molar-refractivity contribution in [2.75, 3.05) is 6.54 Å². The van der Waals surface area contributed by atoms with Crippen molar-refractivity contribution >= 4 is 0 Å². The molecule has 1 aliphatic rings. The van der Waals surface area contributed by atoms with Gasteiger partial charge in [0.1, 0.15) is 5.82 Å². The highest BCUT2D eigenvalue weighted by molar-refractivity contribution is 5.05. The molecule has 1 aliphatic carbocycles. The molecule has 1 aromatic heterocycles. The van der Waals surface area contributed by atoms with Crippen LogP contribution in [0.15, 0.2) is 12.7 Å². The fourth-order valence-corrected chi connectivity index (χ4v) is 1.39. The van der Waals surface area contributed by atoms with Crippen molar-refractivity contribution < 1.29 is 0 Å². The molecule has 0 radical (unpaired) electrons. The Balaban J connectivity index is 1.97. The zero-order valence-electron chi connectivity index (χ0n) is 8.53. The molecular weight excluding hydrogens is 176 g/mol. The Hall–Kier alpha value is -1.16. The van der Waals surface area contributed by atoms with Gasteiger partial charge in [0.2, 0.25) is 0 Å². The topological polar surface area (TPSA) is 42.7 Å². The molecule has 1 saturated carbocycles. The minimum atomic E-state index is 0.634. The lowest BCUT2D eigenvalue weighted by Crippen LogP contribution is -2.16. The molecule has 0 aliphatic heterocycles. The van der Waals surface area contributed by atoms with Gasteiger partial charge in [0.25, 0.3) is 0 Å². The SMILES string of the molecule is C=CCNCc1nc(C2CC2)nn1C. The number of aromatic nitrogens is 3. The van der Waals surface area contributed by atoms with E-state index in [9.17, 15) is 0 Å².